The second-order valence-corrected chi connectivity index (χ2v) is 7.59. The molecule has 0 aliphatic rings. The van der Waals surface area contributed by atoms with Crippen molar-refractivity contribution in [1.29, 1.82) is 0 Å². The van der Waals surface area contributed by atoms with Gasteiger partial charge in [0.15, 0.2) is 0 Å². The molecule has 2 aromatic carbocycles. The molecule has 0 fully saturated rings. The van der Waals surface area contributed by atoms with Gasteiger partial charge in [0.25, 0.3) is 0 Å². The van der Waals surface area contributed by atoms with Crippen LogP contribution >= 0.6 is 0 Å². The maximum atomic E-state index is 12.6. The van der Waals surface area contributed by atoms with Crippen LogP contribution in [0.15, 0.2) is 57.8 Å². The molecule has 1 unspecified atom stereocenters. The SMILES string of the molecule is CN(C)c1ccc(NC(=O)N=S(C)(=O)c2ccc(N)cc2)cc1. The molecule has 23 heavy (non-hydrogen) atoms. The van der Waals surface area contributed by atoms with Crippen LogP contribution in [0.5, 0.6) is 0 Å². The molecule has 2 amide bonds. The smallest absolute Gasteiger partial charge is 0.353 e. The minimum Gasteiger partial charge on any atom is -0.399 e. The van der Waals surface area contributed by atoms with E-state index in [9.17, 15) is 9.00 Å². The van der Waals surface area contributed by atoms with E-state index in [1.165, 1.54) is 6.26 Å². The Morgan fingerprint density at radius 3 is 2.17 bits per heavy atom. The topological polar surface area (TPSA) is 87.8 Å². The number of hydrogen-bond donors (Lipinski definition) is 2. The summed E-state index contributed by atoms with van der Waals surface area (Å²) >= 11 is 0. The summed E-state index contributed by atoms with van der Waals surface area (Å²) in [6.45, 7) is 0. The Morgan fingerprint density at radius 2 is 1.65 bits per heavy atom. The third-order valence-corrected chi connectivity index (χ3v) is 4.87. The van der Waals surface area contributed by atoms with Crippen molar-refractivity contribution in [3.05, 3.63) is 48.5 Å². The Balaban J connectivity index is 2.16. The highest BCUT2D eigenvalue weighted by Gasteiger charge is 2.09. The van der Waals surface area contributed by atoms with Gasteiger partial charge in [0.05, 0.1) is 9.73 Å². The van der Waals surface area contributed by atoms with Crippen LogP contribution in [-0.4, -0.2) is 30.6 Å². The molecule has 7 heteroatoms. The Labute approximate surface area is 136 Å². The maximum Gasteiger partial charge on any atom is 0.353 e. The second-order valence-electron chi connectivity index (χ2n) is 5.33. The first-order valence-electron chi connectivity index (χ1n) is 6.94. The van der Waals surface area contributed by atoms with Gasteiger partial charge in [-0.2, -0.15) is 0 Å². The molecular formula is C16H20N4O2S. The lowest BCUT2D eigenvalue weighted by Gasteiger charge is -2.12. The fourth-order valence-electron chi connectivity index (χ4n) is 1.92. The highest BCUT2D eigenvalue weighted by atomic mass is 32.2. The van der Waals surface area contributed by atoms with Crippen LogP contribution < -0.4 is 16.0 Å². The quantitative estimate of drug-likeness (QED) is 0.846. The van der Waals surface area contributed by atoms with Crippen LogP contribution in [0.3, 0.4) is 0 Å². The fraction of sp³-hybridized carbons (Fsp3) is 0.188. The second kappa shape index (κ2) is 6.70. The Morgan fingerprint density at radius 1 is 1.09 bits per heavy atom. The van der Waals surface area contributed by atoms with Crippen LogP contribution in [0.25, 0.3) is 0 Å². The van der Waals surface area contributed by atoms with Gasteiger partial charge in [-0.05, 0) is 48.5 Å². The van der Waals surface area contributed by atoms with Gasteiger partial charge in [0.2, 0.25) is 0 Å². The Hall–Kier alpha value is -2.54. The van der Waals surface area contributed by atoms with Crippen molar-refractivity contribution in [2.75, 3.05) is 36.3 Å². The number of urea groups is 1. The van der Waals surface area contributed by atoms with E-state index in [1.54, 1.807) is 36.4 Å². The molecule has 0 saturated heterocycles. The zero-order valence-corrected chi connectivity index (χ0v) is 14.1. The Kier molecular flexibility index (Phi) is 4.90. The Bertz CT molecular complexity index is 805. The van der Waals surface area contributed by atoms with Crippen molar-refractivity contribution in [2.24, 2.45) is 4.36 Å². The summed E-state index contributed by atoms with van der Waals surface area (Å²) < 4.78 is 16.4. The molecule has 1 atom stereocenters. The molecule has 0 aliphatic heterocycles. The van der Waals surface area contributed by atoms with Gasteiger partial charge in [0.1, 0.15) is 0 Å². The van der Waals surface area contributed by atoms with Gasteiger partial charge in [0, 0.05) is 42.3 Å². The van der Waals surface area contributed by atoms with Crippen molar-refractivity contribution in [3.63, 3.8) is 0 Å². The molecule has 2 aromatic rings. The lowest BCUT2D eigenvalue weighted by molar-refractivity contribution is 0.260. The van der Waals surface area contributed by atoms with E-state index in [1.807, 2.05) is 31.1 Å². The van der Waals surface area contributed by atoms with Crippen LogP contribution in [-0.2, 0) is 9.73 Å². The van der Waals surface area contributed by atoms with Crippen LogP contribution in [0.2, 0.25) is 0 Å². The van der Waals surface area contributed by atoms with E-state index in [2.05, 4.69) is 9.68 Å². The standard InChI is InChI=1S/C16H20N4O2S/c1-20(2)14-8-6-13(7-9-14)18-16(21)19-23(3,22)15-10-4-12(17)5-11-15/h4-11H,17H2,1-3H3,(H,18,21). The van der Waals surface area contributed by atoms with E-state index < -0.39 is 15.8 Å². The third-order valence-electron chi connectivity index (χ3n) is 3.21. The molecule has 6 nitrogen and oxygen atoms in total. The average molecular weight is 332 g/mol. The largest absolute Gasteiger partial charge is 0.399 e. The molecule has 0 aliphatic carbocycles. The molecule has 2 rings (SSSR count). The number of nitrogens with two attached hydrogens (primary N) is 1. The van der Waals surface area contributed by atoms with Crippen molar-refractivity contribution >= 4 is 32.8 Å². The van der Waals surface area contributed by atoms with Crippen molar-refractivity contribution in [2.45, 2.75) is 4.90 Å². The number of nitrogens with one attached hydrogen (secondary N) is 1. The lowest BCUT2D eigenvalue weighted by Crippen LogP contribution is -2.11. The van der Waals surface area contributed by atoms with Gasteiger partial charge >= 0.3 is 6.03 Å². The first kappa shape index (κ1) is 16.8. The summed E-state index contributed by atoms with van der Waals surface area (Å²) in [5.41, 5.74) is 7.77. The van der Waals surface area contributed by atoms with Crippen molar-refractivity contribution in [3.8, 4) is 0 Å². The van der Waals surface area contributed by atoms with Gasteiger partial charge in [-0.15, -0.1) is 4.36 Å². The molecule has 3 N–H and O–H groups in total. The molecule has 0 radical (unpaired) electrons. The van der Waals surface area contributed by atoms with Gasteiger partial charge < -0.3 is 16.0 Å². The van der Waals surface area contributed by atoms with Gasteiger partial charge in [-0.25, -0.2) is 9.00 Å². The number of rotatable bonds is 3. The third kappa shape index (κ3) is 4.46. The number of nitrogen functional groups attached to an aromatic ring is 1. The van der Waals surface area contributed by atoms with E-state index in [-0.39, 0.29) is 0 Å². The van der Waals surface area contributed by atoms with E-state index in [0.717, 1.165) is 5.69 Å². The summed E-state index contributed by atoms with van der Waals surface area (Å²) in [5.74, 6) is 0. The predicted octanol–water partition coefficient (Wildman–Crippen LogP) is 3.02. The fourth-order valence-corrected chi connectivity index (χ4v) is 3.03. The first-order valence-corrected chi connectivity index (χ1v) is 8.86. The highest BCUT2D eigenvalue weighted by molar-refractivity contribution is 7.93. The van der Waals surface area contributed by atoms with E-state index >= 15 is 0 Å². The summed E-state index contributed by atoms with van der Waals surface area (Å²) in [6.07, 6.45) is 1.42. The number of carbonyl (C=O) groups is 1. The van der Waals surface area contributed by atoms with Gasteiger partial charge in [-0.3, -0.25) is 0 Å². The van der Waals surface area contributed by atoms with Crippen LogP contribution in [0.1, 0.15) is 0 Å². The number of anilines is 3. The molecule has 0 heterocycles. The summed E-state index contributed by atoms with van der Waals surface area (Å²) in [5, 5.41) is 2.62. The minimum absolute atomic E-state index is 0.463. The zero-order chi connectivity index (χ0) is 17.0. The van der Waals surface area contributed by atoms with Crippen LogP contribution in [0, 0.1) is 0 Å². The monoisotopic (exact) mass is 332 g/mol. The first-order chi connectivity index (χ1) is 10.8. The number of carbonyl (C=O) groups excluding carboxylic acids is 1. The maximum absolute atomic E-state index is 12.6. The molecule has 0 bridgehead atoms. The van der Waals surface area contributed by atoms with Crippen LogP contribution in [0.4, 0.5) is 21.9 Å². The highest BCUT2D eigenvalue weighted by Crippen LogP contribution is 2.17. The van der Waals surface area contributed by atoms with E-state index in [4.69, 9.17) is 5.73 Å². The summed E-state index contributed by atoms with van der Waals surface area (Å²) in [6, 6.07) is 13.1. The molecular weight excluding hydrogens is 312 g/mol. The molecule has 0 saturated carbocycles. The van der Waals surface area contributed by atoms with E-state index in [0.29, 0.717) is 16.3 Å². The summed E-state index contributed by atoms with van der Waals surface area (Å²) in [4.78, 5) is 14.4. The molecule has 0 aromatic heterocycles. The number of benzene rings is 2. The summed E-state index contributed by atoms with van der Waals surface area (Å²) in [7, 11) is 1.05. The van der Waals surface area contributed by atoms with Crippen molar-refractivity contribution in [1.82, 2.24) is 0 Å². The molecule has 122 valence electrons. The van der Waals surface area contributed by atoms with Crippen molar-refractivity contribution < 1.29 is 9.00 Å². The lowest BCUT2D eigenvalue weighted by atomic mass is 10.2. The number of amides is 2. The molecule has 0 spiro atoms. The normalized spacial score (nSPS) is 13.0. The number of hydrogen-bond acceptors (Lipinski definition) is 4. The minimum atomic E-state index is -2.82. The average Bonchev–Trinajstić information content (AvgIpc) is 2.47. The predicted molar refractivity (Wildman–Crippen MR) is 95.4 cm³/mol. The zero-order valence-electron chi connectivity index (χ0n) is 13.3. The number of nitrogens with zero attached hydrogens (tertiary/aromatic N) is 2. The van der Waals surface area contributed by atoms with Gasteiger partial charge in [-0.1, -0.05) is 0 Å².